The van der Waals surface area contributed by atoms with E-state index in [1.54, 1.807) is 40.7 Å². The highest BCUT2D eigenvalue weighted by molar-refractivity contribution is 7.18. The van der Waals surface area contributed by atoms with E-state index in [-0.39, 0.29) is 31.7 Å². The Morgan fingerprint density at radius 2 is 1.15 bits per heavy atom. The first-order valence-electron chi connectivity index (χ1n) is 25.6. The number of fused-ring (bicyclic) bond motifs is 3. The number of carbonyl (C=O) groups excluding carboxylic acids is 2. The normalized spacial score (nSPS) is 10.8. The number of hydrogen-bond donors (Lipinski definition) is 5. The van der Waals surface area contributed by atoms with Crippen molar-refractivity contribution in [2.45, 2.75) is 87.7 Å². The Morgan fingerprint density at radius 3 is 1.76 bits per heavy atom. The fourth-order valence-corrected chi connectivity index (χ4v) is 11.1. The minimum Gasteiger partial charge on any atom is -0.357 e. The third kappa shape index (κ3) is 14.0. The molecule has 3 aromatic carbocycles. The number of thiazole rings is 2. The number of hydrogen-bond acceptors (Lipinski definition) is 12. The van der Waals surface area contributed by atoms with Gasteiger partial charge in [0.2, 0.25) is 11.7 Å². The topological polar surface area (TPSA) is 188 Å². The van der Waals surface area contributed by atoms with Crippen molar-refractivity contribution >= 4 is 89.3 Å². The van der Waals surface area contributed by atoms with Crippen LogP contribution in [-0.2, 0) is 32.4 Å². The van der Waals surface area contributed by atoms with Crippen molar-refractivity contribution in [3.05, 3.63) is 235 Å². The van der Waals surface area contributed by atoms with E-state index in [9.17, 15) is 9.59 Å². The number of nitrogens with zero attached hydrogens (tertiary/aromatic N) is 7. The van der Waals surface area contributed by atoms with Crippen LogP contribution in [0, 0.1) is 27.7 Å². The van der Waals surface area contributed by atoms with Gasteiger partial charge in [0.25, 0.3) is 0 Å². The Kier molecular flexibility index (Phi) is 19.3. The lowest BCUT2D eigenvalue weighted by molar-refractivity contribution is 0.0880. The fourth-order valence-electron chi connectivity index (χ4n) is 9.09. The van der Waals surface area contributed by atoms with Crippen LogP contribution in [0.5, 0.6) is 0 Å². The Morgan fingerprint density at radius 1 is 0.600 bits per heavy atom. The number of anilines is 2. The van der Waals surface area contributed by atoms with Crippen molar-refractivity contribution in [3.8, 4) is 0 Å². The number of aromatic amines is 3. The minimum absolute atomic E-state index is 0. The van der Waals surface area contributed by atoms with Gasteiger partial charge in [-0.2, -0.15) is 5.10 Å². The number of aromatic nitrogens is 10. The third-order valence-corrected chi connectivity index (χ3v) is 15.7. The molecule has 0 radical (unpaired) electrons. The molecule has 5 N–H and O–H groups in total. The second-order valence-electron chi connectivity index (χ2n) is 19.0. The molecule has 0 unspecified atom stereocenters. The van der Waals surface area contributed by atoms with Crippen molar-refractivity contribution in [2.24, 2.45) is 0 Å². The Hall–Kier alpha value is -8.57. The number of nitrogens with one attached hydrogen (secondary N) is 5. The van der Waals surface area contributed by atoms with E-state index in [1.165, 1.54) is 55.0 Å². The van der Waals surface area contributed by atoms with Crippen molar-refractivity contribution in [1.82, 2.24) is 49.7 Å². The molecule has 9 heterocycles. The molecule has 0 saturated carbocycles. The van der Waals surface area contributed by atoms with Gasteiger partial charge in [-0.25, -0.2) is 29.6 Å². The number of aryl methyl sites for hydroxylation is 4. The van der Waals surface area contributed by atoms with E-state index in [0.717, 1.165) is 81.9 Å². The van der Waals surface area contributed by atoms with E-state index in [1.807, 2.05) is 75.0 Å². The predicted octanol–water partition coefficient (Wildman–Crippen LogP) is 15.3. The van der Waals surface area contributed by atoms with Crippen LogP contribution in [0.15, 0.2) is 159 Å². The first-order valence-corrected chi connectivity index (χ1v) is 27.6. The largest absolute Gasteiger partial charge is 0.357 e. The molecule has 0 bridgehead atoms. The molecule has 0 aliphatic carbocycles. The molecular weight excluding hydrogens is 1060 g/mol. The summed E-state index contributed by atoms with van der Waals surface area (Å²) < 4.78 is 1.59. The fraction of sp³-hybridized carbons (Fsp3) is 0.206. The van der Waals surface area contributed by atoms with E-state index in [0.29, 0.717) is 34.2 Å². The van der Waals surface area contributed by atoms with Gasteiger partial charge in [-0.1, -0.05) is 128 Å². The van der Waals surface area contributed by atoms with Crippen LogP contribution in [0.4, 0.5) is 10.3 Å². The van der Waals surface area contributed by atoms with Gasteiger partial charge in [0, 0.05) is 108 Å². The molecule has 14 nitrogen and oxygen atoms in total. The molecule has 17 heteroatoms. The van der Waals surface area contributed by atoms with Crippen LogP contribution in [0.3, 0.4) is 0 Å². The summed E-state index contributed by atoms with van der Waals surface area (Å²) in [4.78, 5) is 58.4. The number of H-pyrrole nitrogens is 3. The van der Waals surface area contributed by atoms with E-state index in [4.69, 9.17) is 11.6 Å². The average molecular weight is 1120 g/mol. The van der Waals surface area contributed by atoms with Gasteiger partial charge in [-0.05, 0) is 105 Å². The second-order valence-corrected chi connectivity index (χ2v) is 21.4. The zero-order valence-corrected chi connectivity index (χ0v) is 46.0. The van der Waals surface area contributed by atoms with Crippen LogP contribution in [0.1, 0.15) is 108 Å². The molecule has 0 aliphatic heterocycles. The summed E-state index contributed by atoms with van der Waals surface area (Å²) in [6.07, 6.45) is 16.8. The maximum Gasteiger partial charge on any atom is 0.247 e. The second kappa shape index (κ2) is 26.9. The summed E-state index contributed by atoms with van der Waals surface area (Å²) in [7, 11) is 0. The SMILES string of the molecule is C.C.Cc1ccc(CNc2nc(Cl)c(C(=O)c3c[nH]c4ncccc34)s2)cc1.Cc1ccc(CNc2ncc(Cc3c[nH]c4ncccc34)s2)cc1.Cc1nn(C(=O)CCCc2ccccc2)c(C)c1Cc1c[nH]c2ncccc12. The Bertz CT molecular complexity index is 3970. The van der Waals surface area contributed by atoms with Crippen molar-refractivity contribution in [2.75, 3.05) is 10.6 Å². The lowest BCUT2D eigenvalue weighted by Gasteiger charge is -2.05. The summed E-state index contributed by atoms with van der Waals surface area (Å²) in [5.41, 5.74) is 14.6. The monoisotopic (exact) mass is 1120 g/mol. The zero-order valence-electron chi connectivity index (χ0n) is 43.6. The number of carbonyl (C=O) groups is 2. The average Bonchev–Trinajstić information content (AvgIpc) is 4.38. The van der Waals surface area contributed by atoms with Crippen LogP contribution in [0.25, 0.3) is 33.1 Å². The van der Waals surface area contributed by atoms with Gasteiger partial charge >= 0.3 is 0 Å². The summed E-state index contributed by atoms with van der Waals surface area (Å²) in [5.74, 6) is -0.0986. The molecule has 0 amide bonds. The molecule has 12 aromatic rings. The molecule has 408 valence electrons. The third-order valence-electron chi connectivity index (χ3n) is 13.4. The Balaban J connectivity index is 0.000000156. The molecule has 9 aromatic heterocycles. The molecule has 0 atom stereocenters. The number of rotatable bonds is 16. The minimum atomic E-state index is -0.157. The first kappa shape index (κ1) is 57.6. The summed E-state index contributed by atoms with van der Waals surface area (Å²) in [6.45, 7) is 9.53. The molecule has 0 saturated heterocycles. The Labute approximate surface area is 479 Å². The maximum atomic E-state index is 12.9. The van der Waals surface area contributed by atoms with Gasteiger partial charge in [0.05, 0.1) is 11.3 Å². The summed E-state index contributed by atoms with van der Waals surface area (Å²) in [6, 6.07) is 38.8. The predicted molar refractivity (Wildman–Crippen MR) is 329 cm³/mol. The highest BCUT2D eigenvalue weighted by atomic mass is 35.5. The van der Waals surface area contributed by atoms with Crippen molar-refractivity contribution in [3.63, 3.8) is 0 Å². The van der Waals surface area contributed by atoms with Crippen molar-refractivity contribution in [1.29, 1.82) is 0 Å². The molecule has 0 fully saturated rings. The quantitative estimate of drug-likeness (QED) is 0.0583. The van der Waals surface area contributed by atoms with Crippen molar-refractivity contribution < 1.29 is 9.59 Å². The van der Waals surface area contributed by atoms with Gasteiger partial charge < -0.3 is 25.6 Å². The zero-order chi connectivity index (χ0) is 54.0. The van der Waals surface area contributed by atoms with E-state index >= 15 is 0 Å². The maximum absolute atomic E-state index is 12.9. The van der Waals surface area contributed by atoms with Crippen LogP contribution in [0.2, 0.25) is 5.15 Å². The van der Waals surface area contributed by atoms with Gasteiger partial charge in [0.15, 0.2) is 15.4 Å². The summed E-state index contributed by atoms with van der Waals surface area (Å²) in [5, 5.41) is 16.0. The molecule has 12 rings (SSSR count). The first-order chi connectivity index (χ1) is 38.0. The standard InChI is InChI=1S/C23H24N4O.C19H15ClN4OS.C19H18N4S.2CH4/c1-16-21(14-19-15-25-23-20(19)11-7-13-24-23)17(2)27(26-16)22(28)12-6-10-18-8-4-3-5-9-18;1-11-4-6-12(7-5-11)9-23-19-24-17(20)16(26-19)15(25)14-10-22-18-13(14)3-2-8-21-18;1-13-4-6-14(7-5-13)10-22-19-23-12-16(24-19)9-15-11-21-18-17(15)3-2-8-20-18;;/h3-5,7-9,11,13,15H,6,10,12,14H2,1-2H3,(H,24,25);2-8,10H,9H2,1H3,(H,21,22)(H,23,24);2-8,11-12H,9-10H2,1H3,(H,20,21)(H,22,23);2*1H4. The van der Waals surface area contributed by atoms with E-state index in [2.05, 4.69) is 142 Å². The molecular formula is C63H65ClN12O2S2. The number of pyridine rings is 3. The van der Waals surface area contributed by atoms with Crippen LogP contribution in [-0.4, -0.2) is 61.3 Å². The molecule has 0 spiro atoms. The van der Waals surface area contributed by atoms with E-state index < -0.39 is 0 Å². The number of ketones is 1. The number of benzene rings is 3. The lowest BCUT2D eigenvalue weighted by Crippen LogP contribution is -2.14. The highest BCUT2D eigenvalue weighted by Crippen LogP contribution is 2.32. The van der Waals surface area contributed by atoms with Gasteiger partial charge in [0.1, 0.15) is 21.8 Å². The summed E-state index contributed by atoms with van der Waals surface area (Å²) >= 11 is 9.19. The number of halogens is 1. The van der Waals surface area contributed by atoms with Gasteiger partial charge in [-0.3, -0.25) is 9.59 Å². The highest BCUT2D eigenvalue weighted by Gasteiger charge is 2.22. The molecule has 80 heavy (non-hydrogen) atoms. The van der Waals surface area contributed by atoms with Crippen LogP contribution < -0.4 is 10.6 Å². The molecule has 0 aliphatic rings. The van der Waals surface area contributed by atoms with Crippen LogP contribution >= 0.6 is 34.3 Å². The lowest BCUT2D eigenvalue weighted by atomic mass is 10.0. The smallest absolute Gasteiger partial charge is 0.247 e. The van der Waals surface area contributed by atoms with Gasteiger partial charge in [-0.15, -0.1) is 11.3 Å².